The van der Waals surface area contributed by atoms with Gasteiger partial charge in [-0.2, -0.15) is 0 Å². The Kier molecular flexibility index (Phi) is 4.48. The maximum Gasteiger partial charge on any atom is 0.0686 e. The van der Waals surface area contributed by atoms with Gasteiger partial charge >= 0.3 is 0 Å². The highest BCUT2D eigenvalue weighted by Gasteiger charge is 2.42. The van der Waals surface area contributed by atoms with Crippen LogP contribution in [-0.4, -0.2) is 23.4 Å². The normalized spacial score (nSPS) is 34.3. The average molecular weight is 266 g/mol. The summed E-state index contributed by atoms with van der Waals surface area (Å²) >= 11 is 0. The van der Waals surface area contributed by atoms with Crippen LogP contribution in [-0.2, 0) is 4.74 Å². The summed E-state index contributed by atoms with van der Waals surface area (Å²) in [5, 5.41) is 10.8. The maximum atomic E-state index is 10.8. The molecule has 2 nitrogen and oxygen atoms in total. The SMILES string of the molecule is OC(C1CCCCCC1)C1CCOC2(CCCC2)C1. The summed E-state index contributed by atoms with van der Waals surface area (Å²) in [5.74, 6) is 1.08. The molecule has 0 aromatic carbocycles. The Labute approximate surface area is 117 Å². The average Bonchev–Trinajstić information content (AvgIpc) is 2.72. The molecule has 3 fully saturated rings. The molecule has 3 aliphatic rings. The minimum atomic E-state index is -0.0560. The molecular formula is C17H30O2. The molecule has 2 saturated carbocycles. The predicted molar refractivity (Wildman–Crippen MR) is 77.1 cm³/mol. The van der Waals surface area contributed by atoms with Crippen molar-refractivity contribution in [2.45, 2.75) is 88.8 Å². The van der Waals surface area contributed by atoms with Gasteiger partial charge in [-0.15, -0.1) is 0 Å². The van der Waals surface area contributed by atoms with E-state index in [-0.39, 0.29) is 11.7 Å². The van der Waals surface area contributed by atoms with Crippen LogP contribution in [0.1, 0.15) is 77.0 Å². The second-order valence-electron chi connectivity index (χ2n) is 7.23. The first-order chi connectivity index (χ1) is 9.29. The molecule has 3 rings (SSSR count). The van der Waals surface area contributed by atoms with E-state index in [0.29, 0.717) is 11.8 Å². The quantitative estimate of drug-likeness (QED) is 0.764. The third-order valence-corrected chi connectivity index (χ3v) is 5.91. The molecule has 110 valence electrons. The fourth-order valence-corrected chi connectivity index (χ4v) is 4.76. The molecule has 0 bridgehead atoms. The first-order valence-corrected chi connectivity index (χ1v) is 8.61. The van der Waals surface area contributed by atoms with Crippen molar-refractivity contribution in [3.8, 4) is 0 Å². The number of hydrogen-bond donors (Lipinski definition) is 1. The Morgan fingerprint density at radius 3 is 2.21 bits per heavy atom. The van der Waals surface area contributed by atoms with Gasteiger partial charge in [0.1, 0.15) is 0 Å². The van der Waals surface area contributed by atoms with Gasteiger partial charge in [-0.3, -0.25) is 0 Å². The van der Waals surface area contributed by atoms with Crippen molar-refractivity contribution in [3.05, 3.63) is 0 Å². The van der Waals surface area contributed by atoms with Gasteiger partial charge in [0.25, 0.3) is 0 Å². The highest BCUT2D eigenvalue weighted by atomic mass is 16.5. The Morgan fingerprint density at radius 2 is 1.53 bits per heavy atom. The van der Waals surface area contributed by atoms with Crippen molar-refractivity contribution in [1.82, 2.24) is 0 Å². The number of rotatable bonds is 2. The summed E-state index contributed by atoms with van der Waals surface area (Å²) in [5.41, 5.74) is 0.161. The van der Waals surface area contributed by atoms with Gasteiger partial charge in [-0.05, 0) is 50.4 Å². The number of hydrogen-bond acceptors (Lipinski definition) is 2. The number of aliphatic hydroxyl groups excluding tert-OH is 1. The largest absolute Gasteiger partial charge is 0.393 e. The highest BCUT2D eigenvalue weighted by Crippen LogP contribution is 2.44. The van der Waals surface area contributed by atoms with Crippen LogP contribution < -0.4 is 0 Å². The predicted octanol–water partition coefficient (Wildman–Crippen LogP) is 4.06. The van der Waals surface area contributed by atoms with Gasteiger partial charge < -0.3 is 9.84 Å². The fraction of sp³-hybridized carbons (Fsp3) is 1.00. The molecule has 1 saturated heterocycles. The van der Waals surface area contributed by atoms with E-state index in [1.807, 2.05) is 0 Å². The van der Waals surface area contributed by atoms with Crippen LogP contribution in [0.25, 0.3) is 0 Å². The lowest BCUT2D eigenvalue weighted by Gasteiger charge is -2.41. The van der Waals surface area contributed by atoms with Crippen molar-refractivity contribution in [1.29, 1.82) is 0 Å². The molecule has 1 spiro atoms. The molecular weight excluding hydrogens is 236 g/mol. The Balaban J connectivity index is 1.60. The van der Waals surface area contributed by atoms with E-state index in [4.69, 9.17) is 4.74 Å². The third-order valence-electron chi connectivity index (χ3n) is 5.91. The van der Waals surface area contributed by atoms with E-state index in [9.17, 15) is 5.11 Å². The van der Waals surface area contributed by atoms with E-state index >= 15 is 0 Å². The summed E-state index contributed by atoms with van der Waals surface area (Å²) < 4.78 is 6.11. The van der Waals surface area contributed by atoms with E-state index in [1.165, 1.54) is 64.2 Å². The second-order valence-corrected chi connectivity index (χ2v) is 7.23. The van der Waals surface area contributed by atoms with Crippen molar-refractivity contribution in [3.63, 3.8) is 0 Å². The van der Waals surface area contributed by atoms with Gasteiger partial charge in [-0.25, -0.2) is 0 Å². The van der Waals surface area contributed by atoms with Gasteiger partial charge in [0.15, 0.2) is 0 Å². The maximum absolute atomic E-state index is 10.8. The summed E-state index contributed by atoms with van der Waals surface area (Å²) in [6.07, 6.45) is 15.2. The summed E-state index contributed by atoms with van der Waals surface area (Å²) in [7, 11) is 0. The van der Waals surface area contributed by atoms with Crippen LogP contribution in [0.5, 0.6) is 0 Å². The first-order valence-electron chi connectivity index (χ1n) is 8.61. The molecule has 0 amide bonds. The molecule has 19 heavy (non-hydrogen) atoms. The van der Waals surface area contributed by atoms with Crippen LogP contribution >= 0.6 is 0 Å². The smallest absolute Gasteiger partial charge is 0.0686 e. The number of aliphatic hydroxyl groups is 1. The van der Waals surface area contributed by atoms with Crippen LogP contribution in [0.15, 0.2) is 0 Å². The van der Waals surface area contributed by atoms with Gasteiger partial charge in [0.2, 0.25) is 0 Å². The summed E-state index contributed by atoms with van der Waals surface area (Å²) in [6.45, 7) is 0.883. The lowest BCUT2D eigenvalue weighted by Crippen LogP contribution is -2.43. The van der Waals surface area contributed by atoms with E-state index in [0.717, 1.165) is 19.4 Å². The second kappa shape index (κ2) is 6.13. The van der Waals surface area contributed by atoms with Crippen molar-refractivity contribution >= 4 is 0 Å². The molecule has 2 heteroatoms. The van der Waals surface area contributed by atoms with Crippen molar-refractivity contribution in [2.24, 2.45) is 11.8 Å². The Morgan fingerprint density at radius 1 is 0.842 bits per heavy atom. The molecule has 0 aromatic heterocycles. The van der Waals surface area contributed by atoms with Crippen LogP contribution in [0.4, 0.5) is 0 Å². The lowest BCUT2D eigenvalue weighted by molar-refractivity contribution is -0.120. The summed E-state index contributed by atoms with van der Waals surface area (Å²) in [4.78, 5) is 0. The van der Waals surface area contributed by atoms with Crippen LogP contribution in [0.2, 0.25) is 0 Å². The zero-order valence-corrected chi connectivity index (χ0v) is 12.3. The monoisotopic (exact) mass is 266 g/mol. The van der Waals surface area contributed by atoms with Crippen molar-refractivity contribution in [2.75, 3.05) is 6.61 Å². The Hall–Kier alpha value is -0.0800. The topological polar surface area (TPSA) is 29.5 Å². The molecule has 0 aromatic rings. The molecule has 1 N–H and O–H groups in total. The first kappa shape index (κ1) is 13.9. The Bertz CT molecular complexity index is 275. The minimum absolute atomic E-state index is 0.0560. The zero-order chi connectivity index (χ0) is 13.1. The van der Waals surface area contributed by atoms with E-state index in [2.05, 4.69) is 0 Å². The van der Waals surface area contributed by atoms with Crippen molar-refractivity contribution < 1.29 is 9.84 Å². The van der Waals surface area contributed by atoms with E-state index in [1.54, 1.807) is 0 Å². The molecule has 1 heterocycles. The highest BCUT2D eigenvalue weighted by molar-refractivity contribution is 4.94. The fourth-order valence-electron chi connectivity index (χ4n) is 4.76. The zero-order valence-electron chi connectivity index (χ0n) is 12.3. The lowest BCUT2D eigenvalue weighted by atomic mass is 9.76. The molecule has 1 aliphatic heterocycles. The van der Waals surface area contributed by atoms with Gasteiger partial charge in [0.05, 0.1) is 11.7 Å². The molecule has 2 atom stereocenters. The van der Waals surface area contributed by atoms with Crippen LogP contribution in [0.3, 0.4) is 0 Å². The third kappa shape index (κ3) is 3.16. The van der Waals surface area contributed by atoms with E-state index < -0.39 is 0 Å². The van der Waals surface area contributed by atoms with Gasteiger partial charge in [0, 0.05) is 6.61 Å². The summed E-state index contributed by atoms with van der Waals surface area (Å²) in [6, 6.07) is 0. The number of ether oxygens (including phenoxy) is 1. The standard InChI is InChI=1S/C17H30O2/c18-16(14-7-3-1-2-4-8-14)15-9-12-19-17(13-15)10-5-6-11-17/h14-16,18H,1-13H2. The molecule has 2 unspecified atom stereocenters. The molecule has 0 radical (unpaired) electrons. The minimum Gasteiger partial charge on any atom is -0.393 e. The molecule has 2 aliphatic carbocycles. The van der Waals surface area contributed by atoms with Crippen LogP contribution in [0, 0.1) is 11.8 Å². The van der Waals surface area contributed by atoms with Gasteiger partial charge in [-0.1, -0.05) is 38.5 Å².